The first-order chi connectivity index (χ1) is 10.1. The van der Waals surface area contributed by atoms with Crippen LogP contribution in [-0.2, 0) is 4.79 Å². The Kier molecular flexibility index (Phi) is 3.74. The Balaban J connectivity index is 2.11. The van der Waals surface area contributed by atoms with Crippen molar-refractivity contribution in [3.05, 3.63) is 64.2 Å². The topological polar surface area (TPSA) is 54.4 Å². The Bertz CT molecular complexity index is 728. The lowest BCUT2D eigenvalue weighted by Gasteiger charge is -2.10. The predicted octanol–water partition coefficient (Wildman–Crippen LogP) is 3.84. The van der Waals surface area contributed by atoms with Crippen LogP contribution in [0.3, 0.4) is 0 Å². The summed E-state index contributed by atoms with van der Waals surface area (Å²) in [7, 11) is 0. The molecule has 3 rings (SSSR count). The van der Waals surface area contributed by atoms with Gasteiger partial charge in [-0.05, 0) is 17.7 Å². The molecule has 21 heavy (non-hydrogen) atoms. The van der Waals surface area contributed by atoms with Crippen molar-refractivity contribution in [1.29, 1.82) is 0 Å². The molecule has 0 radical (unpaired) electrons. The van der Waals surface area contributed by atoms with Gasteiger partial charge < -0.3 is 5.11 Å². The first kappa shape index (κ1) is 14.2. The van der Waals surface area contributed by atoms with Gasteiger partial charge in [-0.2, -0.15) is 0 Å². The van der Waals surface area contributed by atoms with Crippen LogP contribution in [0.2, 0.25) is 5.02 Å². The second kappa shape index (κ2) is 5.54. The van der Waals surface area contributed by atoms with Crippen LogP contribution >= 0.6 is 23.4 Å². The minimum absolute atomic E-state index is 0.132. The van der Waals surface area contributed by atoms with Crippen LogP contribution in [0.5, 0.6) is 0 Å². The van der Waals surface area contributed by atoms with Gasteiger partial charge in [0.1, 0.15) is 0 Å². The highest BCUT2D eigenvalue weighted by Gasteiger charge is 2.32. The van der Waals surface area contributed by atoms with Crippen LogP contribution in [0.25, 0.3) is 0 Å². The van der Waals surface area contributed by atoms with Crippen molar-refractivity contribution in [1.82, 2.24) is 0 Å². The van der Waals surface area contributed by atoms with E-state index in [0.717, 1.165) is 4.90 Å². The Labute approximate surface area is 130 Å². The molecule has 1 aliphatic rings. The number of rotatable bonds is 3. The van der Waals surface area contributed by atoms with Crippen molar-refractivity contribution in [2.45, 2.75) is 10.8 Å². The number of aliphatic carboxylic acids is 1. The molecule has 1 atom stereocenters. The van der Waals surface area contributed by atoms with Crippen LogP contribution in [0.1, 0.15) is 27.4 Å². The van der Waals surface area contributed by atoms with E-state index in [-0.39, 0.29) is 5.78 Å². The maximum atomic E-state index is 12.6. The van der Waals surface area contributed by atoms with Crippen LogP contribution in [0, 0.1) is 0 Å². The van der Waals surface area contributed by atoms with Gasteiger partial charge in [-0.25, -0.2) is 0 Å². The fourth-order valence-electron chi connectivity index (χ4n) is 2.41. The third-order valence-corrected chi connectivity index (χ3v) is 4.89. The third-order valence-electron chi connectivity index (χ3n) is 3.43. The van der Waals surface area contributed by atoms with Crippen LogP contribution < -0.4 is 0 Å². The highest BCUT2D eigenvalue weighted by atomic mass is 35.5. The number of carboxylic acids is 1. The summed E-state index contributed by atoms with van der Waals surface area (Å²) in [6.45, 7) is 0. The van der Waals surface area contributed by atoms with Gasteiger partial charge in [0.25, 0.3) is 0 Å². The number of carbonyl (C=O) groups is 2. The summed E-state index contributed by atoms with van der Waals surface area (Å²) >= 11 is 7.48. The zero-order valence-corrected chi connectivity index (χ0v) is 12.4. The first-order valence-corrected chi connectivity index (χ1v) is 7.73. The number of fused-ring (bicyclic) bond motifs is 1. The Morgan fingerprint density at radius 2 is 1.90 bits per heavy atom. The van der Waals surface area contributed by atoms with E-state index < -0.39 is 11.9 Å². The minimum Gasteiger partial charge on any atom is -0.481 e. The van der Waals surface area contributed by atoms with Crippen LogP contribution in [-0.4, -0.2) is 22.6 Å². The number of halogens is 1. The highest BCUT2D eigenvalue weighted by Crippen LogP contribution is 2.43. The number of benzene rings is 2. The summed E-state index contributed by atoms with van der Waals surface area (Å²) in [4.78, 5) is 24.6. The van der Waals surface area contributed by atoms with E-state index in [2.05, 4.69) is 0 Å². The molecule has 5 heteroatoms. The van der Waals surface area contributed by atoms with E-state index >= 15 is 0 Å². The normalized spacial score (nSPS) is 16.5. The van der Waals surface area contributed by atoms with E-state index in [0.29, 0.717) is 27.5 Å². The second-order valence-corrected chi connectivity index (χ2v) is 6.24. The molecule has 0 saturated heterocycles. The van der Waals surface area contributed by atoms with Gasteiger partial charge in [0.2, 0.25) is 0 Å². The molecule has 3 nitrogen and oxygen atoms in total. The van der Waals surface area contributed by atoms with Gasteiger partial charge in [-0.15, -0.1) is 11.8 Å². The Morgan fingerprint density at radius 1 is 1.19 bits per heavy atom. The molecule has 2 aromatic rings. The van der Waals surface area contributed by atoms with Crippen LogP contribution in [0.15, 0.2) is 47.4 Å². The minimum atomic E-state index is -0.887. The molecular formula is C16H11ClO3S. The van der Waals surface area contributed by atoms with Crippen molar-refractivity contribution in [2.75, 3.05) is 5.75 Å². The fourth-order valence-corrected chi connectivity index (χ4v) is 3.97. The standard InChI is InChI=1S/C16H11ClO3S/c17-10-6-11-13(16(19)20)8-21-15(11)12(7-10)14(18)9-4-2-1-3-5-9/h1-7,13H,8H2,(H,19,20). The second-order valence-electron chi connectivity index (χ2n) is 4.77. The monoisotopic (exact) mass is 318 g/mol. The summed E-state index contributed by atoms with van der Waals surface area (Å²) in [5, 5.41) is 9.65. The lowest BCUT2D eigenvalue weighted by Crippen LogP contribution is -2.11. The van der Waals surface area contributed by atoms with Gasteiger partial charge in [0.05, 0.1) is 5.92 Å². The molecule has 1 aliphatic heterocycles. The Hall–Kier alpha value is -1.78. The van der Waals surface area contributed by atoms with E-state index in [1.807, 2.05) is 6.07 Å². The summed E-state index contributed by atoms with van der Waals surface area (Å²) in [6, 6.07) is 12.2. The van der Waals surface area contributed by atoms with E-state index in [1.54, 1.807) is 36.4 Å². The number of hydrogen-bond acceptors (Lipinski definition) is 3. The first-order valence-electron chi connectivity index (χ1n) is 6.36. The largest absolute Gasteiger partial charge is 0.481 e. The van der Waals surface area contributed by atoms with Crippen molar-refractivity contribution < 1.29 is 14.7 Å². The average molecular weight is 319 g/mol. The zero-order chi connectivity index (χ0) is 15.0. The molecule has 0 aliphatic carbocycles. The van der Waals surface area contributed by atoms with Crippen molar-refractivity contribution >= 4 is 35.1 Å². The molecule has 2 aromatic carbocycles. The number of carboxylic acid groups (broad SMARTS) is 1. The number of carbonyl (C=O) groups excluding carboxylic acids is 1. The van der Waals surface area contributed by atoms with Gasteiger partial charge in [0, 0.05) is 26.8 Å². The summed E-state index contributed by atoms with van der Waals surface area (Å²) in [6.07, 6.45) is 0. The van der Waals surface area contributed by atoms with E-state index in [1.165, 1.54) is 11.8 Å². The van der Waals surface area contributed by atoms with Gasteiger partial charge >= 0.3 is 5.97 Å². The molecule has 106 valence electrons. The van der Waals surface area contributed by atoms with Crippen molar-refractivity contribution in [3.8, 4) is 0 Å². The van der Waals surface area contributed by atoms with Gasteiger partial charge in [-0.1, -0.05) is 41.9 Å². The smallest absolute Gasteiger partial charge is 0.311 e. The number of thioether (sulfide) groups is 1. The molecule has 0 bridgehead atoms. The predicted molar refractivity (Wildman–Crippen MR) is 82.4 cm³/mol. The van der Waals surface area contributed by atoms with Crippen LogP contribution in [0.4, 0.5) is 0 Å². The SMILES string of the molecule is O=C(c1ccccc1)c1cc(Cl)cc2c1SCC2C(=O)O. The molecule has 0 saturated carbocycles. The summed E-state index contributed by atoms with van der Waals surface area (Å²) in [5.74, 6) is -1.19. The van der Waals surface area contributed by atoms with Gasteiger partial charge in [-0.3, -0.25) is 9.59 Å². The average Bonchev–Trinajstić information content (AvgIpc) is 2.90. The van der Waals surface area contributed by atoms with Gasteiger partial charge in [0.15, 0.2) is 5.78 Å². The molecule has 1 N–H and O–H groups in total. The van der Waals surface area contributed by atoms with E-state index in [9.17, 15) is 14.7 Å². The lowest BCUT2D eigenvalue weighted by atomic mass is 9.96. The quantitative estimate of drug-likeness (QED) is 0.873. The van der Waals surface area contributed by atoms with Crippen molar-refractivity contribution in [3.63, 3.8) is 0 Å². The summed E-state index contributed by atoms with van der Waals surface area (Å²) in [5.41, 5.74) is 1.69. The maximum absolute atomic E-state index is 12.6. The molecule has 0 fully saturated rings. The zero-order valence-electron chi connectivity index (χ0n) is 10.9. The molecule has 0 aromatic heterocycles. The fraction of sp³-hybridized carbons (Fsp3) is 0.125. The molecular weight excluding hydrogens is 308 g/mol. The number of ketones is 1. The highest BCUT2D eigenvalue weighted by molar-refractivity contribution is 7.99. The summed E-state index contributed by atoms with van der Waals surface area (Å²) < 4.78 is 0. The molecule has 0 amide bonds. The number of hydrogen-bond donors (Lipinski definition) is 1. The van der Waals surface area contributed by atoms with Crippen molar-refractivity contribution in [2.24, 2.45) is 0 Å². The molecule has 1 unspecified atom stereocenters. The molecule has 0 spiro atoms. The maximum Gasteiger partial charge on any atom is 0.311 e. The molecule has 1 heterocycles. The lowest BCUT2D eigenvalue weighted by molar-refractivity contribution is -0.138. The Morgan fingerprint density at radius 3 is 2.57 bits per heavy atom. The van der Waals surface area contributed by atoms with E-state index in [4.69, 9.17) is 11.6 Å². The third kappa shape index (κ3) is 2.57.